The molecule has 204 valence electrons. The van der Waals surface area contributed by atoms with E-state index in [1.54, 1.807) is 0 Å². The maximum Gasteiger partial charge on any atom is 0.490 e. The first kappa shape index (κ1) is 30.6. The second-order valence-corrected chi connectivity index (χ2v) is 9.96. The summed E-state index contributed by atoms with van der Waals surface area (Å²) in [6.07, 6.45) is -3.08. The van der Waals surface area contributed by atoms with Gasteiger partial charge in [-0.3, -0.25) is 9.69 Å². The number of nitrogens with one attached hydrogen (secondary N) is 1. The number of rotatable bonds is 9. The van der Waals surface area contributed by atoms with Gasteiger partial charge in [0.1, 0.15) is 5.75 Å². The molecule has 37 heavy (non-hydrogen) atoms. The van der Waals surface area contributed by atoms with Crippen molar-refractivity contribution in [3.8, 4) is 5.75 Å². The van der Waals surface area contributed by atoms with Crippen LogP contribution in [-0.4, -0.2) is 79.3 Å². The zero-order valence-electron chi connectivity index (χ0n) is 21.1. The Bertz CT molecular complexity index is 1030. The molecule has 11 heteroatoms. The highest BCUT2D eigenvalue weighted by atomic mass is 79.9. The maximum absolute atomic E-state index is 12.6. The van der Waals surface area contributed by atoms with E-state index < -0.39 is 12.1 Å². The number of carboxylic acid groups (broad SMARTS) is 1. The van der Waals surface area contributed by atoms with Gasteiger partial charge in [-0.15, -0.1) is 0 Å². The quantitative estimate of drug-likeness (QED) is 0.413. The molecule has 7 nitrogen and oxygen atoms in total. The van der Waals surface area contributed by atoms with Crippen LogP contribution in [0.2, 0.25) is 0 Å². The van der Waals surface area contributed by atoms with Gasteiger partial charge in [0.2, 0.25) is 0 Å². The lowest BCUT2D eigenvalue weighted by atomic mass is 10.1. The Kier molecular flexibility index (Phi) is 11.9. The van der Waals surface area contributed by atoms with Gasteiger partial charge in [-0.05, 0) is 75.3 Å². The predicted molar refractivity (Wildman–Crippen MR) is 139 cm³/mol. The Morgan fingerprint density at radius 1 is 1.19 bits per heavy atom. The molecule has 0 spiro atoms. The number of nitrogens with zero attached hydrogens (tertiary/aromatic N) is 2. The summed E-state index contributed by atoms with van der Waals surface area (Å²) < 4.78 is 38.6. The zero-order chi connectivity index (χ0) is 27.6. The Morgan fingerprint density at radius 2 is 1.84 bits per heavy atom. The molecule has 1 saturated heterocycles. The second kappa shape index (κ2) is 14.3. The molecule has 1 amide bonds. The highest BCUT2D eigenvalue weighted by Gasteiger charge is 2.38. The van der Waals surface area contributed by atoms with Crippen molar-refractivity contribution in [1.29, 1.82) is 0 Å². The van der Waals surface area contributed by atoms with Gasteiger partial charge in [-0.2, -0.15) is 13.2 Å². The van der Waals surface area contributed by atoms with Crippen LogP contribution in [0.3, 0.4) is 0 Å². The molecule has 1 atom stereocenters. The zero-order valence-corrected chi connectivity index (χ0v) is 22.7. The van der Waals surface area contributed by atoms with E-state index in [1.165, 1.54) is 5.56 Å². The Morgan fingerprint density at radius 3 is 2.41 bits per heavy atom. The highest BCUT2D eigenvalue weighted by Crippen LogP contribution is 2.19. The van der Waals surface area contributed by atoms with E-state index in [1.807, 2.05) is 25.1 Å². The monoisotopic (exact) mass is 587 g/mol. The van der Waals surface area contributed by atoms with Crippen molar-refractivity contribution in [2.24, 2.45) is 0 Å². The number of hydrogen-bond donors (Lipinski definition) is 2. The third-order valence-electron chi connectivity index (χ3n) is 5.62. The van der Waals surface area contributed by atoms with E-state index in [9.17, 15) is 18.0 Å². The molecule has 1 fully saturated rings. The van der Waals surface area contributed by atoms with Gasteiger partial charge >= 0.3 is 12.1 Å². The maximum atomic E-state index is 12.6. The van der Waals surface area contributed by atoms with Gasteiger partial charge in [-0.1, -0.05) is 28.1 Å². The lowest BCUT2D eigenvalue weighted by molar-refractivity contribution is -0.192. The van der Waals surface area contributed by atoms with Gasteiger partial charge in [0, 0.05) is 42.3 Å². The number of ether oxygens (including phenoxy) is 1. The first-order valence-electron chi connectivity index (χ1n) is 11.8. The fourth-order valence-corrected chi connectivity index (χ4v) is 3.92. The molecule has 0 unspecified atom stereocenters. The number of aryl methyl sites for hydroxylation is 1. The van der Waals surface area contributed by atoms with Crippen molar-refractivity contribution in [3.05, 3.63) is 63.6 Å². The number of hydrogen-bond acceptors (Lipinski definition) is 5. The van der Waals surface area contributed by atoms with Crippen molar-refractivity contribution in [2.45, 2.75) is 38.5 Å². The largest absolute Gasteiger partial charge is 0.494 e. The first-order chi connectivity index (χ1) is 17.3. The number of benzene rings is 2. The number of likely N-dealkylation sites (tertiary alicyclic amines) is 1. The highest BCUT2D eigenvalue weighted by molar-refractivity contribution is 9.10. The van der Waals surface area contributed by atoms with Gasteiger partial charge in [0.05, 0.1) is 6.61 Å². The van der Waals surface area contributed by atoms with E-state index >= 15 is 0 Å². The van der Waals surface area contributed by atoms with Crippen molar-refractivity contribution in [2.75, 3.05) is 40.3 Å². The summed E-state index contributed by atoms with van der Waals surface area (Å²) in [6, 6.07) is 14.3. The Hall–Kier alpha value is -2.63. The molecule has 1 aliphatic heterocycles. The molecule has 3 rings (SSSR count). The number of alkyl halides is 3. The van der Waals surface area contributed by atoms with Gasteiger partial charge in [-0.25, -0.2) is 4.79 Å². The van der Waals surface area contributed by atoms with E-state index in [2.05, 4.69) is 69.4 Å². The normalized spacial score (nSPS) is 15.7. The van der Waals surface area contributed by atoms with Crippen LogP contribution in [-0.2, 0) is 11.3 Å². The van der Waals surface area contributed by atoms with Gasteiger partial charge < -0.3 is 20.1 Å². The summed E-state index contributed by atoms with van der Waals surface area (Å²) in [5.74, 6) is -1.82. The second-order valence-electron chi connectivity index (χ2n) is 9.11. The number of aliphatic carboxylic acids is 1. The van der Waals surface area contributed by atoms with E-state index in [0.717, 1.165) is 67.0 Å². The summed E-state index contributed by atoms with van der Waals surface area (Å²) in [7, 11) is 4.15. The minimum atomic E-state index is -5.08. The molecule has 1 heterocycles. The molecule has 0 aromatic heterocycles. The van der Waals surface area contributed by atoms with Crippen molar-refractivity contribution < 1.29 is 32.6 Å². The molecule has 2 aromatic carbocycles. The van der Waals surface area contributed by atoms with Crippen LogP contribution >= 0.6 is 15.9 Å². The van der Waals surface area contributed by atoms with Crippen LogP contribution in [0.15, 0.2) is 46.9 Å². The third-order valence-corrected chi connectivity index (χ3v) is 6.51. The molecule has 1 aliphatic rings. The predicted octanol–water partition coefficient (Wildman–Crippen LogP) is 4.73. The summed E-state index contributed by atoms with van der Waals surface area (Å²) in [6.45, 7) is 6.54. The lowest BCUT2D eigenvalue weighted by Crippen LogP contribution is -2.37. The van der Waals surface area contributed by atoms with Crippen LogP contribution in [0.4, 0.5) is 13.2 Å². The Balaban J connectivity index is 0.000000604. The SMILES string of the molecule is Cc1cc(C(=O)N[C@H]2CCN(Cc3ccc(OCCCN(C)C)cc3)C2)ccc1Br.O=C(O)C(F)(F)F. The molecule has 0 bridgehead atoms. The molecule has 0 saturated carbocycles. The molecule has 0 radical (unpaired) electrons. The summed E-state index contributed by atoms with van der Waals surface area (Å²) in [5, 5.41) is 10.3. The van der Waals surface area contributed by atoms with Crippen LogP contribution in [0, 0.1) is 6.92 Å². The molecule has 0 aliphatic carbocycles. The van der Waals surface area contributed by atoms with Crippen LogP contribution < -0.4 is 10.1 Å². The Labute approximate surface area is 223 Å². The van der Waals surface area contributed by atoms with E-state index in [0.29, 0.717) is 0 Å². The number of carbonyl (C=O) groups is 2. The number of halogens is 4. The summed E-state index contributed by atoms with van der Waals surface area (Å²) >= 11 is 3.48. The van der Waals surface area contributed by atoms with Crippen molar-refractivity contribution >= 4 is 27.8 Å². The lowest BCUT2D eigenvalue weighted by Gasteiger charge is -2.17. The molecular formula is C26H33BrF3N3O4. The molecule has 2 N–H and O–H groups in total. The minimum absolute atomic E-state index is 0.00761. The van der Waals surface area contributed by atoms with E-state index in [-0.39, 0.29) is 11.9 Å². The standard InChI is InChI=1S/C24H32BrN3O2.C2HF3O2/c1-18-15-20(7-10-23(18)25)24(29)26-21-11-13-28(17-21)16-19-5-8-22(9-6-19)30-14-4-12-27(2)3;3-2(4,5)1(6)7/h5-10,15,21H,4,11-14,16-17H2,1-3H3,(H,26,29);(H,6,7)/t21-;/m0./s1. The molecule has 2 aromatic rings. The van der Waals surface area contributed by atoms with Crippen molar-refractivity contribution in [3.63, 3.8) is 0 Å². The minimum Gasteiger partial charge on any atom is -0.494 e. The summed E-state index contributed by atoms with van der Waals surface area (Å²) in [5.41, 5.74) is 3.06. The third kappa shape index (κ3) is 11.1. The van der Waals surface area contributed by atoms with E-state index in [4.69, 9.17) is 14.6 Å². The fourth-order valence-electron chi connectivity index (χ4n) is 3.67. The first-order valence-corrected chi connectivity index (χ1v) is 12.6. The van der Waals surface area contributed by atoms with Crippen molar-refractivity contribution in [1.82, 2.24) is 15.1 Å². The van der Waals surface area contributed by atoms with Crippen LogP contribution in [0.5, 0.6) is 5.75 Å². The number of carbonyl (C=O) groups excluding carboxylic acids is 1. The number of amides is 1. The van der Waals surface area contributed by atoms with Crippen LogP contribution in [0.25, 0.3) is 0 Å². The van der Waals surface area contributed by atoms with Gasteiger partial charge in [0.25, 0.3) is 5.91 Å². The average molecular weight is 588 g/mol. The van der Waals surface area contributed by atoms with Crippen LogP contribution in [0.1, 0.15) is 34.3 Å². The number of carboxylic acids is 1. The smallest absolute Gasteiger partial charge is 0.490 e. The summed E-state index contributed by atoms with van der Waals surface area (Å²) in [4.78, 5) is 26.0. The average Bonchev–Trinajstić information content (AvgIpc) is 3.25. The molecular weight excluding hydrogens is 555 g/mol. The fraction of sp³-hybridized carbons (Fsp3) is 0.462. The topological polar surface area (TPSA) is 82.1 Å². The van der Waals surface area contributed by atoms with Gasteiger partial charge in [0.15, 0.2) is 0 Å².